The number of rotatable bonds is 3. The van der Waals surface area contributed by atoms with Gasteiger partial charge in [0.2, 0.25) is 5.95 Å². The Balaban J connectivity index is 2.05. The lowest BCUT2D eigenvalue weighted by atomic mass is 10.3. The minimum atomic E-state index is -4.07. The average molecular weight is 327 g/mol. The Morgan fingerprint density at radius 1 is 1.19 bits per heavy atom. The quantitative estimate of drug-likeness (QED) is 0.801. The fourth-order valence-corrected chi connectivity index (χ4v) is 3.27. The maximum absolute atomic E-state index is 13.2. The van der Waals surface area contributed by atoms with E-state index in [0.29, 0.717) is 5.65 Å². The molecule has 3 rings (SSSR count). The molecular formula is C12H8ClFN4O2S. The first-order valence-corrected chi connectivity index (χ1v) is 7.61. The van der Waals surface area contributed by atoms with Gasteiger partial charge >= 0.3 is 0 Å². The number of sulfonamides is 1. The molecule has 0 aliphatic heterocycles. The van der Waals surface area contributed by atoms with Gasteiger partial charge in [0, 0.05) is 6.20 Å². The van der Waals surface area contributed by atoms with Gasteiger partial charge in [0.15, 0.2) is 5.65 Å². The number of aromatic nitrogens is 3. The molecule has 0 saturated carbocycles. The molecule has 0 aliphatic rings. The van der Waals surface area contributed by atoms with Crippen LogP contribution in [0.2, 0.25) is 5.02 Å². The van der Waals surface area contributed by atoms with Crippen LogP contribution in [0.4, 0.5) is 10.3 Å². The maximum atomic E-state index is 13.2. The van der Waals surface area contributed by atoms with Gasteiger partial charge in [-0.15, -0.1) is 10.2 Å². The minimum absolute atomic E-state index is 0.00840. The standard InChI is InChI=1S/C12H8ClFN4O2S/c13-9-5-4-8(14)7-10(9)21(19,20)17-12-16-15-11-3-1-2-6-18(11)12/h1-7H,(H,16,17). The van der Waals surface area contributed by atoms with Crippen LogP contribution < -0.4 is 4.72 Å². The molecule has 0 spiro atoms. The predicted octanol–water partition coefficient (Wildman–Crippen LogP) is 2.32. The van der Waals surface area contributed by atoms with Gasteiger partial charge in [-0.05, 0) is 30.3 Å². The number of nitrogens with one attached hydrogen (secondary N) is 1. The van der Waals surface area contributed by atoms with Crippen molar-refractivity contribution in [2.75, 3.05) is 4.72 Å². The summed E-state index contributed by atoms with van der Waals surface area (Å²) in [5.74, 6) is -0.711. The van der Waals surface area contributed by atoms with Crippen LogP contribution in [0.15, 0.2) is 47.5 Å². The minimum Gasteiger partial charge on any atom is -0.268 e. The summed E-state index contributed by atoms with van der Waals surface area (Å²) in [6.07, 6.45) is 1.60. The third-order valence-corrected chi connectivity index (χ3v) is 4.53. The van der Waals surface area contributed by atoms with Gasteiger partial charge in [0.25, 0.3) is 10.0 Å². The first-order valence-electron chi connectivity index (χ1n) is 5.75. The average Bonchev–Trinajstić information content (AvgIpc) is 2.84. The predicted molar refractivity (Wildman–Crippen MR) is 75.2 cm³/mol. The summed E-state index contributed by atoms with van der Waals surface area (Å²) in [5.41, 5.74) is 0.473. The molecule has 0 saturated heterocycles. The van der Waals surface area contributed by atoms with Crippen LogP contribution >= 0.6 is 11.6 Å². The molecular weight excluding hydrogens is 319 g/mol. The van der Waals surface area contributed by atoms with Crippen molar-refractivity contribution in [3.8, 4) is 0 Å². The van der Waals surface area contributed by atoms with Crippen molar-refractivity contribution >= 4 is 33.2 Å². The van der Waals surface area contributed by atoms with E-state index in [1.165, 1.54) is 10.5 Å². The number of hydrogen-bond donors (Lipinski definition) is 1. The summed E-state index contributed by atoms with van der Waals surface area (Å²) < 4.78 is 41.5. The molecule has 0 atom stereocenters. The Morgan fingerprint density at radius 3 is 2.81 bits per heavy atom. The molecule has 0 bridgehead atoms. The zero-order valence-corrected chi connectivity index (χ0v) is 11.9. The van der Waals surface area contributed by atoms with Gasteiger partial charge in [-0.3, -0.25) is 4.40 Å². The molecule has 2 aromatic heterocycles. The second-order valence-electron chi connectivity index (χ2n) is 4.13. The second kappa shape index (κ2) is 4.97. The molecule has 0 radical (unpaired) electrons. The van der Waals surface area contributed by atoms with E-state index in [1.54, 1.807) is 24.4 Å². The molecule has 1 aromatic carbocycles. The van der Waals surface area contributed by atoms with Gasteiger partial charge in [0.1, 0.15) is 10.7 Å². The van der Waals surface area contributed by atoms with E-state index in [-0.39, 0.29) is 15.9 Å². The highest BCUT2D eigenvalue weighted by Gasteiger charge is 2.21. The molecule has 2 heterocycles. The van der Waals surface area contributed by atoms with E-state index in [0.717, 1.165) is 12.1 Å². The van der Waals surface area contributed by atoms with Gasteiger partial charge in [0.05, 0.1) is 5.02 Å². The summed E-state index contributed by atoms with van der Waals surface area (Å²) in [5, 5.41) is 7.47. The number of pyridine rings is 1. The van der Waals surface area contributed by atoms with Crippen molar-refractivity contribution in [3.63, 3.8) is 0 Å². The highest BCUT2D eigenvalue weighted by molar-refractivity contribution is 7.92. The van der Waals surface area contributed by atoms with Gasteiger partial charge in [-0.1, -0.05) is 17.7 Å². The van der Waals surface area contributed by atoms with Crippen LogP contribution in [0.1, 0.15) is 0 Å². The van der Waals surface area contributed by atoms with Crippen molar-refractivity contribution in [1.29, 1.82) is 0 Å². The van der Waals surface area contributed by atoms with E-state index < -0.39 is 15.8 Å². The van der Waals surface area contributed by atoms with Crippen molar-refractivity contribution < 1.29 is 12.8 Å². The number of hydrogen-bond acceptors (Lipinski definition) is 4. The molecule has 1 N–H and O–H groups in total. The molecule has 9 heteroatoms. The smallest absolute Gasteiger partial charge is 0.265 e. The lowest BCUT2D eigenvalue weighted by molar-refractivity contribution is 0.595. The normalized spacial score (nSPS) is 11.7. The number of fused-ring (bicyclic) bond motifs is 1. The highest BCUT2D eigenvalue weighted by Crippen LogP contribution is 2.24. The van der Waals surface area contributed by atoms with Crippen molar-refractivity contribution in [2.45, 2.75) is 4.90 Å². The lowest BCUT2D eigenvalue weighted by Gasteiger charge is -2.08. The second-order valence-corrected chi connectivity index (χ2v) is 6.19. The molecule has 0 aliphatic carbocycles. The van der Waals surface area contributed by atoms with Crippen LogP contribution in [-0.4, -0.2) is 23.0 Å². The maximum Gasteiger partial charge on any atom is 0.265 e. The lowest BCUT2D eigenvalue weighted by Crippen LogP contribution is -2.15. The summed E-state index contributed by atoms with van der Waals surface area (Å²) in [4.78, 5) is -0.364. The number of nitrogens with zero attached hydrogens (tertiary/aromatic N) is 3. The first kappa shape index (κ1) is 13.8. The fraction of sp³-hybridized carbons (Fsp3) is 0. The topological polar surface area (TPSA) is 76.4 Å². The van der Waals surface area contributed by atoms with E-state index >= 15 is 0 Å². The van der Waals surface area contributed by atoms with E-state index in [2.05, 4.69) is 14.9 Å². The number of halogens is 2. The monoisotopic (exact) mass is 326 g/mol. The van der Waals surface area contributed by atoms with Crippen LogP contribution in [-0.2, 0) is 10.0 Å². The summed E-state index contributed by atoms with van der Waals surface area (Å²) >= 11 is 5.81. The number of benzene rings is 1. The Labute approximate surface area is 124 Å². The van der Waals surface area contributed by atoms with Crippen LogP contribution in [0.3, 0.4) is 0 Å². The molecule has 0 unspecified atom stereocenters. The highest BCUT2D eigenvalue weighted by atomic mass is 35.5. The van der Waals surface area contributed by atoms with E-state index in [1.807, 2.05) is 0 Å². The van der Waals surface area contributed by atoms with Crippen molar-refractivity contribution in [2.24, 2.45) is 0 Å². The third-order valence-electron chi connectivity index (χ3n) is 2.72. The third kappa shape index (κ3) is 2.55. The first-order chi connectivity index (χ1) is 9.97. The van der Waals surface area contributed by atoms with Gasteiger partial charge < -0.3 is 0 Å². The van der Waals surface area contributed by atoms with E-state index in [9.17, 15) is 12.8 Å². The molecule has 6 nitrogen and oxygen atoms in total. The van der Waals surface area contributed by atoms with Crippen LogP contribution in [0.25, 0.3) is 5.65 Å². The molecule has 108 valence electrons. The van der Waals surface area contributed by atoms with Crippen molar-refractivity contribution in [3.05, 3.63) is 53.4 Å². The molecule has 3 aromatic rings. The zero-order valence-electron chi connectivity index (χ0n) is 10.4. The molecule has 0 amide bonds. The Hall–Kier alpha value is -2.19. The molecule has 21 heavy (non-hydrogen) atoms. The van der Waals surface area contributed by atoms with Crippen LogP contribution in [0.5, 0.6) is 0 Å². The van der Waals surface area contributed by atoms with Gasteiger partial charge in [-0.2, -0.15) is 0 Å². The molecule has 0 fully saturated rings. The SMILES string of the molecule is O=S(=O)(Nc1nnc2ccccn12)c1cc(F)ccc1Cl. The van der Waals surface area contributed by atoms with Crippen molar-refractivity contribution in [1.82, 2.24) is 14.6 Å². The summed E-state index contributed by atoms with van der Waals surface area (Å²) in [6.45, 7) is 0. The fourth-order valence-electron chi connectivity index (χ4n) is 1.77. The van der Waals surface area contributed by atoms with Gasteiger partial charge in [-0.25, -0.2) is 17.5 Å². The summed E-state index contributed by atoms with van der Waals surface area (Å²) in [6, 6.07) is 8.20. The largest absolute Gasteiger partial charge is 0.268 e. The van der Waals surface area contributed by atoms with Crippen LogP contribution in [0, 0.1) is 5.82 Å². The van der Waals surface area contributed by atoms with E-state index in [4.69, 9.17) is 11.6 Å². The Kier molecular flexibility index (Phi) is 3.26. The number of anilines is 1. The zero-order chi connectivity index (χ0) is 15.0. The summed E-state index contributed by atoms with van der Waals surface area (Å²) in [7, 11) is -4.07. The Bertz CT molecular complexity index is 926. The Morgan fingerprint density at radius 2 is 2.00 bits per heavy atom.